The molecule has 150 valence electrons. The van der Waals surface area contributed by atoms with Crippen molar-refractivity contribution in [2.75, 3.05) is 38.1 Å². The van der Waals surface area contributed by atoms with Gasteiger partial charge in [0.05, 0.1) is 27.0 Å². The summed E-state index contributed by atoms with van der Waals surface area (Å²) in [6.07, 6.45) is 0. The van der Waals surface area contributed by atoms with Gasteiger partial charge in [0.2, 0.25) is 17.6 Å². The Morgan fingerprint density at radius 2 is 1.43 bits per heavy atom. The number of amides is 2. The van der Waals surface area contributed by atoms with Gasteiger partial charge >= 0.3 is 0 Å². The number of ether oxygens (including phenoxy) is 3. The summed E-state index contributed by atoms with van der Waals surface area (Å²) in [5.74, 6) is 0.617. The van der Waals surface area contributed by atoms with E-state index in [1.807, 2.05) is 32.0 Å². The van der Waals surface area contributed by atoms with Gasteiger partial charge in [0.15, 0.2) is 11.5 Å². The highest BCUT2D eigenvalue weighted by atomic mass is 16.5. The van der Waals surface area contributed by atoms with Crippen LogP contribution < -0.4 is 24.4 Å². The van der Waals surface area contributed by atoms with Gasteiger partial charge in [-0.1, -0.05) is 6.07 Å². The van der Waals surface area contributed by atoms with Crippen LogP contribution in [0.3, 0.4) is 0 Å². The molecule has 0 unspecified atom stereocenters. The molecule has 0 radical (unpaired) electrons. The molecule has 0 saturated carbocycles. The monoisotopic (exact) mass is 386 g/mol. The lowest BCUT2D eigenvalue weighted by atomic mass is 10.1. The van der Waals surface area contributed by atoms with Crippen LogP contribution in [0.25, 0.3) is 0 Å². The molecule has 0 aliphatic carbocycles. The molecule has 7 heteroatoms. The van der Waals surface area contributed by atoms with Crippen LogP contribution in [-0.2, 0) is 9.59 Å². The Kier molecular flexibility index (Phi) is 6.87. The molecule has 28 heavy (non-hydrogen) atoms. The van der Waals surface area contributed by atoms with Crippen molar-refractivity contribution in [2.24, 2.45) is 0 Å². The Labute approximate surface area is 165 Å². The second kappa shape index (κ2) is 9.12. The zero-order chi connectivity index (χ0) is 20.8. The van der Waals surface area contributed by atoms with Crippen LogP contribution in [0.5, 0.6) is 17.2 Å². The molecule has 0 saturated heterocycles. The molecule has 2 rings (SSSR count). The molecule has 1 N–H and O–H groups in total. The Hall–Kier alpha value is -3.22. The molecule has 0 heterocycles. The summed E-state index contributed by atoms with van der Waals surface area (Å²) in [6, 6.07) is 9.04. The van der Waals surface area contributed by atoms with Crippen LogP contribution in [0, 0.1) is 13.8 Å². The molecule has 0 aliphatic rings. The average Bonchev–Trinajstić information content (AvgIpc) is 2.63. The standard InChI is InChI=1S/C21H26N2O5/c1-13-7-14(2)9-16(8-13)22-20(25)12-23(15(3)24)17-10-18(26-4)21(28-6)19(11-17)27-5/h7-11H,12H2,1-6H3,(H,22,25). The van der Waals surface area contributed by atoms with E-state index >= 15 is 0 Å². The normalized spacial score (nSPS) is 10.2. The van der Waals surface area contributed by atoms with Crippen molar-refractivity contribution >= 4 is 23.2 Å². The van der Waals surface area contributed by atoms with Crippen LogP contribution in [0.2, 0.25) is 0 Å². The number of benzene rings is 2. The van der Waals surface area contributed by atoms with Crippen molar-refractivity contribution in [1.82, 2.24) is 0 Å². The molecule has 0 fully saturated rings. The maximum atomic E-state index is 12.6. The van der Waals surface area contributed by atoms with E-state index in [9.17, 15) is 9.59 Å². The number of methoxy groups -OCH3 is 3. The van der Waals surface area contributed by atoms with Gasteiger partial charge in [-0.15, -0.1) is 0 Å². The van der Waals surface area contributed by atoms with E-state index in [-0.39, 0.29) is 18.4 Å². The van der Waals surface area contributed by atoms with Gasteiger partial charge in [0, 0.05) is 24.7 Å². The largest absolute Gasteiger partial charge is 0.493 e. The Bertz CT molecular complexity index is 834. The average molecular weight is 386 g/mol. The van der Waals surface area contributed by atoms with Gasteiger partial charge in [-0.3, -0.25) is 9.59 Å². The first-order chi connectivity index (χ1) is 13.3. The fourth-order valence-corrected chi connectivity index (χ4v) is 3.00. The maximum Gasteiger partial charge on any atom is 0.244 e. The highest BCUT2D eigenvalue weighted by Crippen LogP contribution is 2.41. The van der Waals surface area contributed by atoms with Crippen LogP contribution >= 0.6 is 0 Å². The molecule has 2 amide bonds. The first kappa shape index (κ1) is 21.1. The van der Waals surface area contributed by atoms with E-state index in [2.05, 4.69) is 5.32 Å². The van der Waals surface area contributed by atoms with E-state index < -0.39 is 0 Å². The Balaban J connectivity index is 2.30. The zero-order valence-corrected chi connectivity index (χ0v) is 17.1. The fraction of sp³-hybridized carbons (Fsp3) is 0.333. The number of carbonyl (C=O) groups excluding carboxylic acids is 2. The van der Waals surface area contributed by atoms with Crippen LogP contribution in [0.4, 0.5) is 11.4 Å². The van der Waals surface area contributed by atoms with E-state index in [0.717, 1.165) is 11.1 Å². The van der Waals surface area contributed by atoms with Crippen molar-refractivity contribution in [3.8, 4) is 17.2 Å². The number of carbonyl (C=O) groups is 2. The van der Waals surface area contributed by atoms with Crippen LogP contribution in [-0.4, -0.2) is 39.7 Å². The van der Waals surface area contributed by atoms with E-state index in [0.29, 0.717) is 28.6 Å². The Morgan fingerprint density at radius 1 is 0.893 bits per heavy atom. The van der Waals surface area contributed by atoms with Crippen molar-refractivity contribution < 1.29 is 23.8 Å². The molecule has 0 spiro atoms. The molecule has 0 bridgehead atoms. The van der Waals surface area contributed by atoms with E-state index in [1.165, 1.54) is 33.2 Å². The first-order valence-electron chi connectivity index (χ1n) is 8.75. The number of aryl methyl sites for hydroxylation is 2. The molecule has 2 aromatic rings. The summed E-state index contributed by atoms with van der Waals surface area (Å²) in [4.78, 5) is 26.1. The third-order valence-electron chi connectivity index (χ3n) is 4.15. The van der Waals surface area contributed by atoms with Crippen LogP contribution in [0.1, 0.15) is 18.1 Å². The molecular weight excluding hydrogens is 360 g/mol. The second-order valence-corrected chi connectivity index (χ2v) is 6.41. The highest BCUT2D eigenvalue weighted by molar-refractivity contribution is 6.02. The molecule has 2 aromatic carbocycles. The number of anilines is 2. The molecule has 0 atom stereocenters. The summed E-state index contributed by atoms with van der Waals surface area (Å²) in [7, 11) is 4.48. The van der Waals surface area contributed by atoms with Crippen molar-refractivity contribution in [3.05, 3.63) is 41.5 Å². The minimum atomic E-state index is -0.311. The third-order valence-corrected chi connectivity index (χ3v) is 4.15. The number of hydrogen-bond donors (Lipinski definition) is 1. The van der Waals surface area contributed by atoms with Crippen molar-refractivity contribution in [3.63, 3.8) is 0 Å². The zero-order valence-electron chi connectivity index (χ0n) is 17.1. The highest BCUT2D eigenvalue weighted by Gasteiger charge is 2.21. The first-order valence-corrected chi connectivity index (χ1v) is 8.75. The minimum absolute atomic E-state index is 0.152. The van der Waals surface area contributed by atoms with Gasteiger partial charge in [0.25, 0.3) is 0 Å². The number of nitrogens with zero attached hydrogens (tertiary/aromatic N) is 1. The van der Waals surface area contributed by atoms with E-state index in [4.69, 9.17) is 14.2 Å². The molecular formula is C21H26N2O5. The summed E-state index contributed by atoms with van der Waals surface area (Å²) in [5, 5.41) is 2.84. The van der Waals surface area contributed by atoms with Gasteiger partial charge in [-0.05, 0) is 37.1 Å². The van der Waals surface area contributed by atoms with Crippen molar-refractivity contribution in [1.29, 1.82) is 0 Å². The summed E-state index contributed by atoms with van der Waals surface area (Å²) < 4.78 is 16.0. The van der Waals surface area contributed by atoms with Gasteiger partial charge in [-0.2, -0.15) is 0 Å². The van der Waals surface area contributed by atoms with Gasteiger partial charge in [-0.25, -0.2) is 0 Å². The van der Waals surface area contributed by atoms with Gasteiger partial charge < -0.3 is 24.4 Å². The minimum Gasteiger partial charge on any atom is -0.493 e. The lowest BCUT2D eigenvalue weighted by Gasteiger charge is -2.23. The smallest absolute Gasteiger partial charge is 0.244 e. The second-order valence-electron chi connectivity index (χ2n) is 6.41. The lowest BCUT2D eigenvalue weighted by molar-refractivity contribution is -0.120. The Morgan fingerprint density at radius 3 is 1.86 bits per heavy atom. The third kappa shape index (κ3) is 4.94. The molecule has 0 aliphatic heterocycles. The van der Waals surface area contributed by atoms with Gasteiger partial charge in [0.1, 0.15) is 6.54 Å². The number of nitrogens with one attached hydrogen (secondary N) is 1. The maximum absolute atomic E-state index is 12.6. The fourth-order valence-electron chi connectivity index (χ4n) is 3.00. The van der Waals surface area contributed by atoms with Crippen molar-refractivity contribution in [2.45, 2.75) is 20.8 Å². The molecule has 0 aromatic heterocycles. The SMILES string of the molecule is COc1cc(N(CC(=O)Nc2cc(C)cc(C)c2)C(C)=O)cc(OC)c1OC. The molecule has 7 nitrogen and oxygen atoms in total. The predicted octanol–water partition coefficient (Wildman–Crippen LogP) is 3.32. The number of rotatable bonds is 7. The van der Waals surface area contributed by atoms with Crippen LogP contribution in [0.15, 0.2) is 30.3 Å². The predicted molar refractivity (Wildman–Crippen MR) is 109 cm³/mol. The summed E-state index contributed by atoms with van der Waals surface area (Å²) >= 11 is 0. The number of hydrogen-bond acceptors (Lipinski definition) is 5. The lowest BCUT2D eigenvalue weighted by Crippen LogP contribution is -2.36. The van der Waals surface area contributed by atoms with E-state index in [1.54, 1.807) is 12.1 Å². The quantitative estimate of drug-likeness (QED) is 0.790. The summed E-state index contributed by atoms with van der Waals surface area (Å²) in [6.45, 7) is 5.16. The summed E-state index contributed by atoms with van der Waals surface area (Å²) in [5.41, 5.74) is 3.25. The topological polar surface area (TPSA) is 77.1 Å².